The van der Waals surface area contributed by atoms with Crippen molar-refractivity contribution in [2.45, 2.75) is 13.2 Å². The van der Waals surface area contributed by atoms with Gasteiger partial charge in [0.05, 0.1) is 13.2 Å². The molecule has 0 amide bonds. The summed E-state index contributed by atoms with van der Waals surface area (Å²) in [6.45, 7) is 1.17. The lowest BCUT2D eigenvalue weighted by Gasteiger charge is -2.07. The number of halogens is 4. The third kappa shape index (κ3) is 5.31. The molecule has 2 aromatic rings. The Kier molecular flexibility index (Phi) is 6.09. The summed E-state index contributed by atoms with van der Waals surface area (Å²) in [5, 5.41) is 0. The maximum atomic E-state index is 5.74. The maximum Gasteiger partial charge on any atom is 0.0722 e. The van der Waals surface area contributed by atoms with E-state index in [0.717, 1.165) is 29.0 Å². The molecule has 0 radical (unpaired) electrons. The van der Waals surface area contributed by atoms with Crippen LogP contribution in [0.15, 0.2) is 54.3 Å². The van der Waals surface area contributed by atoms with Gasteiger partial charge in [0.1, 0.15) is 0 Å². The molecule has 0 aromatic heterocycles. The molecule has 19 heavy (non-hydrogen) atoms. The van der Waals surface area contributed by atoms with Crippen LogP contribution in [0.5, 0.6) is 0 Å². The lowest BCUT2D eigenvalue weighted by atomic mass is 10.2. The summed E-state index contributed by atoms with van der Waals surface area (Å²) in [5.41, 5.74) is 2.27. The van der Waals surface area contributed by atoms with E-state index in [4.69, 9.17) is 4.74 Å². The molecule has 0 aliphatic rings. The van der Waals surface area contributed by atoms with Gasteiger partial charge in [0.25, 0.3) is 0 Å². The Bertz CT molecular complexity index is 492. The van der Waals surface area contributed by atoms with Crippen molar-refractivity contribution in [1.82, 2.24) is 0 Å². The van der Waals surface area contributed by atoms with Crippen LogP contribution in [0.3, 0.4) is 0 Å². The minimum atomic E-state index is 0.585. The fourth-order valence-corrected chi connectivity index (χ4v) is 4.45. The van der Waals surface area contributed by atoms with Crippen molar-refractivity contribution in [1.29, 1.82) is 0 Å². The van der Waals surface area contributed by atoms with Crippen molar-refractivity contribution < 1.29 is 4.74 Å². The zero-order chi connectivity index (χ0) is 13.8. The molecule has 0 unspecified atom stereocenters. The van der Waals surface area contributed by atoms with Crippen LogP contribution in [-0.4, -0.2) is 0 Å². The normalized spacial score (nSPS) is 10.7. The quantitative estimate of drug-likeness (QED) is 0.456. The van der Waals surface area contributed by atoms with Crippen LogP contribution in [-0.2, 0) is 18.0 Å². The van der Waals surface area contributed by atoms with Gasteiger partial charge in [-0.1, -0.05) is 63.7 Å². The van der Waals surface area contributed by atoms with Gasteiger partial charge in [0, 0.05) is 17.9 Å². The summed E-state index contributed by atoms with van der Waals surface area (Å²) in [7, 11) is 0. The Balaban J connectivity index is 1.96. The van der Waals surface area contributed by atoms with Gasteiger partial charge < -0.3 is 4.74 Å². The van der Waals surface area contributed by atoms with E-state index in [-0.39, 0.29) is 0 Å². The Morgan fingerprint density at radius 1 is 0.579 bits per heavy atom. The standard InChI is InChI=1S/C14H10Br4O/c15-11-1-9(2-12(16)5-11)7-19-8-10-3-13(17)6-14(18)4-10/h1-6H,7-8H2. The monoisotopic (exact) mass is 510 g/mol. The Morgan fingerprint density at radius 3 is 1.21 bits per heavy atom. The van der Waals surface area contributed by atoms with E-state index >= 15 is 0 Å². The molecule has 0 aliphatic heterocycles. The summed E-state index contributed by atoms with van der Waals surface area (Å²) in [5.74, 6) is 0. The molecule has 0 saturated carbocycles. The highest BCUT2D eigenvalue weighted by atomic mass is 79.9. The number of ether oxygens (including phenoxy) is 1. The molecule has 0 heterocycles. The lowest BCUT2D eigenvalue weighted by molar-refractivity contribution is 0.107. The molecule has 0 saturated heterocycles. The molecule has 0 aliphatic carbocycles. The zero-order valence-electron chi connectivity index (χ0n) is 9.80. The highest BCUT2D eigenvalue weighted by molar-refractivity contribution is 9.11. The molecule has 0 N–H and O–H groups in total. The highest BCUT2D eigenvalue weighted by Gasteiger charge is 2.01. The summed E-state index contributed by atoms with van der Waals surface area (Å²) in [6.07, 6.45) is 0. The molecule has 0 atom stereocenters. The van der Waals surface area contributed by atoms with Gasteiger partial charge in [0.15, 0.2) is 0 Å². The van der Waals surface area contributed by atoms with Crippen LogP contribution in [0.25, 0.3) is 0 Å². The average molecular weight is 514 g/mol. The molecule has 2 aromatic carbocycles. The van der Waals surface area contributed by atoms with Gasteiger partial charge in [-0.3, -0.25) is 0 Å². The van der Waals surface area contributed by atoms with Crippen LogP contribution >= 0.6 is 63.7 Å². The van der Waals surface area contributed by atoms with Gasteiger partial charge >= 0.3 is 0 Å². The first kappa shape index (κ1) is 15.7. The minimum Gasteiger partial charge on any atom is -0.372 e. The summed E-state index contributed by atoms with van der Waals surface area (Å²) >= 11 is 13.9. The van der Waals surface area contributed by atoms with Crippen molar-refractivity contribution in [3.05, 3.63) is 65.4 Å². The molecular weight excluding hydrogens is 504 g/mol. The third-order valence-corrected chi connectivity index (χ3v) is 4.21. The first-order valence-electron chi connectivity index (χ1n) is 5.50. The van der Waals surface area contributed by atoms with E-state index in [9.17, 15) is 0 Å². The van der Waals surface area contributed by atoms with Gasteiger partial charge in [-0.15, -0.1) is 0 Å². The zero-order valence-corrected chi connectivity index (χ0v) is 16.1. The second kappa shape index (κ2) is 7.36. The molecule has 5 heteroatoms. The Labute approximate surface area is 146 Å². The number of hydrogen-bond donors (Lipinski definition) is 0. The largest absolute Gasteiger partial charge is 0.372 e. The average Bonchev–Trinajstić information content (AvgIpc) is 2.26. The van der Waals surface area contributed by atoms with Crippen molar-refractivity contribution in [2.24, 2.45) is 0 Å². The fraction of sp³-hybridized carbons (Fsp3) is 0.143. The number of rotatable bonds is 4. The smallest absolute Gasteiger partial charge is 0.0722 e. The molecule has 0 bridgehead atoms. The van der Waals surface area contributed by atoms with E-state index in [0.29, 0.717) is 13.2 Å². The van der Waals surface area contributed by atoms with Gasteiger partial charge in [-0.25, -0.2) is 0 Å². The van der Waals surface area contributed by atoms with E-state index < -0.39 is 0 Å². The van der Waals surface area contributed by atoms with Crippen LogP contribution in [0, 0.1) is 0 Å². The molecule has 1 nitrogen and oxygen atoms in total. The van der Waals surface area contributed by atoms with Crippen LogP contribution < -0.4 is 0 Å². The van der Waals surface area contributed by atoms with E-state index in [2.05, 4.69) is 88.0 Å². The predicted octanol–water partition coefficient (Wildman–Crippen LogP) is 6.45. The Morgan fingerprint density at radius 2 is 0.895 bits per heavy atom. The van der Waals surface area contributed by atoms with Crippen molar-refractivity contribution in [2.75, 3.05) is 0 Å². The first-order chi connectivity index (χ1) is 9.02. The van der Waals surface area contributed by atoms with Crippen LogP contribution in [0.4, 0.5) is 0 Å². The van der Waals surface area contributed by atoms with Crippen molar-refractivity contribution in [3.63, 3.8) is 0 Å². The lowest BCUT2D eigenvalue weighted by Crippen LogP contribution is -1.94. The Hall–Kier alpha value is 0.320. The topological polar surface area (TPSA) is 9.23 Å². The van der Waals surface area contributed by atoms with E-state index in [1.54, 1.807) is 0 Å². The third-order valence-electron chi connectivity index (χ3n) is 2.38. The second-order valence-corrected chi connectivity index (χ2v) is 7.71. The summed E-state index contributed by atoms with van der Waals surface area (Å²) in [6, 6.07) is 12.2. The van der Waals surface area contributed by atoms with Crippen molar-refractivity contribution in [3.8, 4) is 0 Å². The van der Waals surface area contributed by atoms with Gasteiger partial charge in [-0.05, 0) is 47.5 Å². The number of benzene rings is 2. The molecule has 2 rings (SSSR count). The molecular formula is C14H10Br4O. The first-order valence-corrected chi connectivity index (χ1v) is 8.68. The maximum absolute atomic E-state index is 5.74. The van der Waals surface area contributed by atoms with E-state index in [1.165, 1.54) is 0 Å². The number of hydrogen-bond acceptors (Lipinski definition) is 1. The minimum absolute atomic E-state index is 0.585. The molecule has 100 valence electrons. The second-order valence-electron chi connectivity index (χ2n) is 4.05. The van der Waals surface area contributed by atoms with Crippen LogP contribution in [0.1, 0.15) is 11.1 Å². The van der Waals surface area contributed by atoms with E-state index in [1.807, 2.05) is 12.1 Å². The summed E-state index contributed by atoms with van der Waals surface area (Å²) in [4.78, 5) is 0. The highest BCUT2D eigenvalue weighted by Crippen LogP contribution is 2.22. The fourth-order valence-electron chi connectivity index (χ4n) is 1.68. The SMILES string of the molecule is Brc1cc(Br)cc(COCc2cc(Br)cc(Br)c2)c1. The van der Waals surface area contributed by atoms with Gasteiger partial charge in [0.2, 0.25) is 0 Å². The predicted molar refractivity (Wildman–Crippen MR) is 92.2 cm³/mol. The van der Waals surface area contributed by atoms with Crippen LogP contribution in [0.2, 0.25) is 0 Å². The molecule has 0 fully saturated rings. The van der Waals surface area contributed by atoms with Gasteiger partial charge in [-0.2, -0.15) is 0 Å². The summed E-state index contributed by atoms with van der Waals surface area (Å²) < 4.78 is 9.93. The molecule has 0 spiro atoms. The van der Waals surface area contributed by atoms with Crippen molar-refractivity contribution >= 4 is 63.7 Å².